The van der Waals surface area contributed by atoms with Gasteiger partial charge in [0.25, 0.3) is 0 Å². The molecule has 0 bridgehead atoms. The van der Waals surface area contributed by atoms with Crippen molar-refractivity contribution in [1.29, 1.82) is 0 Å². The molecule has 0 saturated carbocycles. The summed E-state index contributed by atoms with van der Waals surface area (Å²) in [6.45, 7) is 4.15. The van der Waals surface area contributed by atoms with Crippen LogP contribution in [-0.2, 0) is 6.42 Å². The summed E-state index contributed by atoms with van der Waals surface area (Å²) in [4.78, 5) is 27.7. The van der Waals surface area contributed by atoms with Crippen molar-refractivity contribution in [2.45, 2.75) is 38.3 Å². The van der Waals surface area contributed by atoms with Crippen LogP contribution < -0.4 is 0 Å². The second kappa shape index (κ2) is 11.3. The standard InChI is InChI=1S/C30H29F2N7O2/c1-19(40)16-37-12-9-24(10-13-37)38-18-34-29(20-2-4-22(31)5-3-20)30(38)25-6-7-28-35-23(17-39(28)36-25)15-26(41)21-8-11-33-27(32)14-21/h2-8,11,14,17-19,24,40H,9-10,12-13,15-16H2,1H3/t19-/m0/s1. The SMILES string of the molecule is C[C@H](O)CN1CCC(n2cnc(-c3ccc(F)cc3)c2-c2ccc3nc(CC(=O)c4ccnc(F)c4)cn3n2)CC1. The van der Waals surface area contributed by atoms with E-state index in [2.05, 4.69) is 19.4 Å². The normalized spacial score (nSPS) is 15.4. The summed E-state index contributed by atoms with van der Waals surface area (Å²) in [6, 6.07) is 12.7. The zero-order valence-corrected chi connectivity index (χ0v) is 22.5. The number of hydrogen-bond acceptors (Lipinski definition) is 7. The number of pyridine rings is 1. The Bertz CT molecular complexity index is 1690. The number of carbonyl (C=O) groups excluding carboxylic acids is 1. The molecule has 0 unspecified atom stereocenters. The van der Waals surface area contributed by atoms with E-state index in [1.165, 1.54) is 24.4 Å². The van der Waals surface area contributed by atoms with Gasteiger partial charge in [0.2, 0.25) is 5.95 Å². The van der Waals surface area contributed by atoms with E-state index in [9.17, 15) is 18.7 Å². The quantitative estimate of drug-likeness (QED) is 0.223. The van der Waals surface area contributed by atoms with E-state index in [0.717, 1.165) is 43.3 Å². The lowest BCUT2D eigenvalue weighted by Gasteiger charge is -2.33. The van der Waals surface area contributed by atoms with E-state index in [1.54, 1.807) is 29.8 Å². The minimum atomic E-state index is -0.709. The van der Waals surface area contributed by atoms with Crippen LogP contribution in [0.5, 0.6) is 0 Å². The number of aliphatic hydroxyl groups is 1. The number of aliphatic hydroxyl groups excluding tert-OH is 1. The molecule has 9 nitrogen and oxygen atoms in total. The molecule has 41 heavy (non-hydrogen) atoms. The van der Waals surface area contributed by atoms with E-state index >= 15 is 0 Å². The highest BCUT2D eigenvalue weighted by molar-refractivity contribution is 5.97. The molecule has 0 aliphatic carbocycles. The highest BCUT2D eigenvalue weighted by Gasteiger charge is 2.26. The molecular formula is C30H29F2N7O2. The summed E-state index contributed by atoms with van der Waals surface area (Å²) < 4.78 is 31.0. The Kier molecular flexibility index (Phi) is 7.38. The number of Topliss-reactive ketones (excluding diaryl/α,β-unsaturated/α-hetero) is 1. The van der Waals surface area contributed by atoms with Gasteiger partial charge in [0.05, 0.1) is 42.1 Å². The largest absolute Gasteiger partial charge is 0.392 e. The molecule has 0 spiro atoms. The zero-order valence-electron chi connectivity index (χ0n) is 22.5. The maximum atomic E-state index is 13.7. The number of fused-ring (bicyclic) bond motifs is 1. The topological polar surface area (TPSA) is 101 Å². The first-order valence-corrected chi connectivity index (χ1v) is 13.6. The number of aromatic nitrogens is 6. The Labute approximate surface area is 235 Å². The molecular weight excluding hydrogens is 528 g/mol. The van der Waals surface area contributed by atoms with Crippen LogP contribution in [0.1, 0.15) is 41.9 Å². The lowest BCUT2D eigenvalue weighted by Crippen LogP contribution is -2.38. The summed E-state index contributed by atoms with van der Waals surface area (Å²) >= 11 is 0. The molecule has 1 fully saturated rings. The van der Waals surface area contributed by atoms with Gasteiger partial charge in [-0.15, -0.1) is 0 Å². The monoisotopic (exact) mass is 557 g/mol. The number of ketones is 1. The number of piperidine rings is 1. The van der Waals surface area contributed by atoms with E-state index in [4.69, 9.17) is 10.1 Å². The molecule has 1 N–H and O–H groups in total. The van der Waals surface area contributed by atoms with E-state index < -0.39 is 5.95 Å². The van der Waals surface area contributed by atoms with Crippen LogP contribution in [0, 0.1) is 11.8 Å². The van der Waals surface area contributed by atoms with Crippen molar-refractivity contribution in [3.8, 4) is 22.6 Å². The molecule has 11 heteroatoms. The molecule has 1 aromatic carbocycles. The van der Waals surface area contributed by atoms with Crippen LogP contribution in [0.4, 0.5) is 8.78 Å². The summed E-state index contributed by atoms with van der Waals surface area (Å²) in [5, 5.41) is 14.6. The second-order valence-electron chi connectivity index (χ2n) is 10.5. The van der Waals surface area contributed by atoms with Gasteiger partial charge in [0.1, 0.15) is 11.5 Å². The maximum absolute atomic E-state index is 13.7. The van der Waals surface area contributed by atoms with Crippen LogP contribution in [-0.4, -0.2) is 70.7 Å². The van der Waals surface area contributed by atoms with Gasteiger partial charge in [0, 0.05) is 49.1 Å². The fourth-order valence-corrected chi connectivity index (χ4v) is 5.45. The van der Waals surface area contributed by atoms with Crippen molar-refractivity contribution >= 4 is 11.4 Å². The van der Waals surface area contributed by atoms with Crippen LogP contribution in [0.15, 0.2) is 67.3 Å². The van der Waals surface area contributed by atoms with Crippen LogP contribution >= 0.6 is 0 Å². The van der Waals surface area contributed by atoms with Gasteiger partial charge < -0.3 is 14.6 Å². The van der Waals surface area contributed by atoms with Gasteiger partial charge in [-0.1, -0.05) is 0 Å². The molecule has 1 atom stereocenters. The van der Waals surface area contributed by atoms with Gasteiger partial charge in [-0.25, -0.2) is 23.9 Å². The van der Waals surface area contributed by atoms with Gasteiger partial charge in [-0.3, -0.25) is 4.79 Å². The molecule has 0 amide bonds. The van der Waals surface area contributed by atoms with E-state index in [0.29, 0.717) is 29.3 Å². The third kappa shape index (κ3) is 5.77. The summed E-state index contributed by atoms with van der Waals surface area (Å²) in [5.41, 5.74) is 4.25. The highest BCUT2D eigenvalue weighted by Crippen LogP contribution is 2.35. The Morgan fingerprint density at radius 3 is 2.59 bits per heavy atom. The molecule has 210 valence electrons. The first kappa shape index (κ1) is 26.9. The first-order chi connectivity index (χ1) is 19.8. The van der Waals surface area contributed by atoms with Gasteiger partial charge in [-0.2, -0.15) is 9.49 Å². The average Bonchev–Trinajstić information content (AvgIpc) is 3.57. The minimum Gasteiger partial charge on any atom is -0.392 e. The number of benzene rings is 1. The highest BCUT2D eigenvalue weighted by atomic mass is 19.1. The van der Waals surface area contributed by atoms with Crippen molar-refractivity contribution < 1.29 is 18.7 Å². The zero-order chi connectivity index (χ0) is 28.5. The Morgan fingerprint density at radius 2 is 1.85 bits per heavy atom. The number of nitrogens with zero attached hydrogens (tertiary/aromatic N) is 7. The van der Waals surface area contributed by atoms with Gasteiger partial charge >= 0.3 is 0 Å². The number of imidazole rings is 2. The van der Waals surface area contributed by atoms with Crippen LogP contribution in [0.3, 0.4) is 0 Å². The third-order valence-electron chi connectivity index (χ3n) is 7.39. The lowest BCUT2D eigenvalue weighted by atomic mass is 10.0. The van der Waals surface area contributed by atoms with Crippen molar-refractivity contribution in [3.05, 3.63) is 90.3 Å². The molecule has 4 aromatic heterocycles. The minimum absolute atomic E-state index is 0.00800. The maximum Gasteiger partial charge on any atom is 0.213 e. The molecule has 5 heterocycles. The number of hydrogen-bond donors (Lipinski definition) is 1. The summed E-state index contributed by atoms with van der Waals surface area (Å²) in [5.74, 6) is -1.30. The predicted octanol–water partition coefficient (Wildman–Crippen LogP) is 4.38. The van der Waals surface area contributed by atoms with Crippen molar-refractivity contribution in [3.63, 3.8) is 0 Å². The number of halogens is 2. The number of carbonyl (C=O) groups is 1. The smallest absolute Gasteiger partial charge is 0.213 e. The van der Waals surface area contributed by atoms with Crippen molar-refractivity contribution in [2.75, 3.05) is 19.6 Å². The van der Waals surface area contributed by atoms with Gasteiger partial charge in [0.15, 0.2) is 11.4 Å². The van der Waals surface area contributed by atoms with E-state index in [-0.39, 0.29) is 35.7 Å². The Hall–Kier alpha value is -4.35. The van der Waals surface area contributed by atoms with Crippen molar-refractivity contribution in [1.82, 2.24) is 34.0 Å². The predicted molar refractivity (Wildman–Crippen MR) is 148 cm³/mol. The van der Waals surface area contributed by atoms with Crippen molar-refractivity contribution in [2.24, 2.45) is 0 Å². The number of rotatable bonds is 8. The molecule has 6 rings (SSSR count). The van der Waals surface area contributed by atoms with Crippen LogP contribution in [0.25, 0.3) is 28.3 Å². The number of β-amino-alcohol motifs (C(OH)–C–C–N with tert-alkyl or cyclic N) is 1. The molecule has 1 saturated heterocycles. The summed E-state index contributed by atoms with van der Waals surface area (Å²) in [6.07, 6.45) is 6.16. The molecule has 1 aliphatic rings. The Balaban J connectivity index is 1.34. The first-order valence-electron chi connectivity index (χ1n) is 13.6. The second-order valence-corrected chi connectivity index (χ2v) is 10.5. The lowest BCUT2D eigenvalue weighted by molar-refractivity contribution is 0.0991. The molecule has 1 aliphatic heterocycles. The molecule has 5 aromatic rings. The molecule has 0 radical (unpaired) electrons. The third-order valence-corrected chi connectivity index (χ3v) is 7.39. The van der Waals surface area contributed by atoms with E-state index in [1.807, 2.05) is 18.5 Å². The van der Waals surface area contributed by atoms with Crippen LogP contribution in [0.2, 0.25) is 0 Å². The van der Waals surface area contributed by atoms with Gasteiger partial charge in [-0.05, 0) is 62.2 Å². The summed E-state index contributed by atoms with van der Waals surface area (Å²) in [7, 11) is 0. The fourth-order valence-electron chi connectivity index (χ4n) is 5.45. The number of likely N-dealkylation sites (tertiary alicyclic amines) is 1. The average molecular weight is 558 g/mol. The Morgan fingerprint density at radius 1 is 1.07 bits per heavy atom. The fraction of sp³-hybridized carbons (Fsp3) is 0.300.